The standard InChI is InChI=1S/C13H9BrFN3O2/c14-6-2-1-3-7(15)12(6)17-9-5-10-11(4-8(9)16)20-13(19)18-10/h1-5,17H,16H2,(H,18,19). The highest BCUT2D eigenvalue weighted by molar-refractivity contribution is 9.10. The lowest BCUT2D eigenvalue weighted by Crippen LogP contribution is -1.99. The van der Waals surface area contributed by atoms with Gasteiger partial charge in [-0.1, -0.05) is 6.07 Å². The van der Waals surface area contributed by atoms with Crippen LogP contribution in [0.2, 0.25) is 0 Å². The summed E-state index contributed by atoms with van der Waals surface area (Å²) in [5.74, 6) is -0.983. The van der Waals surface area contributed by atoms with E-state index in [1.807, 2.05) is 0 Å². The van der Waals surface area contributed by atoms with Gasteiger partial charge in [-0.05, 0) is 34.1 Å². The van der Waals surface area contributed by atoms with Gasteiger partial charge in [-0.25, -0.2) is 9.18 Å². The molecule has 0 saturated heterocycles. The molecule has 2 aromatic carbocycles. The van der Waals surface area contributed by atoms with Crippen molar-refractivity contribution in [2.45, 2.75) is 0 Å². The van der Waals surface area contributed by atoms with Crippen LogP contribution in [0.5, 0.6) is 0 Å². The first-order valence-electron chi connectivity index (χ1n) is 5.68. The van der Waals surface area contributed by atoms with Gasteiger partial charge in [0, 0.05) is 10.5 Å². The summed E-state index contributed by atoms with van der Waals surface area (Å²) in [4.78, 5) is 13.6. The van der Waals surface area contributed by atoms with Crippen LogP contribution in [0.4, 0.5) is 21.5 Å². The van der Waals surface area contributed by atoms with Gasteiger partial charge in [0.1, 0.15) is 5.82 Å². The Hall–Kier alpha value is -2.28. The molecular weight excluding hydrogens is 329 g/mol. The van der Waals surface area contributed by atoms with Crippen LogP contribution in [0.1, 0.15) is 0 Å². The molecule has 0 radical (unpaired) electrons. The third-order valence-electron chi connectivity index (χ3n) is 2.81. The lowest BCUT2D eigenvalue weighted by atomic mass is 10.2. The molecule has 4 N–H and O–H groups in total. The van der Waals surface area contributed by atoms with Crippen LogP contribution in [0.15, 0.2) is 44.0 Å². The Labute approximate surface area is 120 Å². The molecule has 0 amide bonds. The van der Waals surface area contributed by atoms with Gasteiger partial charge in [0.15, 0.2) is 5.58 Å². The fourth-order valence-electron chi connectivity index (χ4n) is 1.87. The van der Waals surface area contributed by atoms with E-state index in [4.69, 9.17) is 10.2 Å². The maximum Gasteiger partial charge on any atom is 0.417 e. The van der Waals surface area contributed by atoms with Gasteiger partial charge in [0.05, 0.1) is 22.6 Å². The van der Waals surface area contributed by atoms with E-state index in [-0.39, 0.29) is 5.69 Å². The number of hydrogen-bond donors (Lipinski definition) is 3. The van der Waals surface area contributed by atoms with Crippen molar-refractivity contribution in [1.82, 2.24) is 4.98 Å². The highest BCUT2D eigenvalue weighted by atomic mass is 79.9. The molecule has 7 heteroatoms. The number of benzene rings is 2. The third-order valence-corrected chi connectivity index (χ3v) is 3.47. The topological polar surface area (TPSA) is 84.0 Å². The molecule has 0 fully saturated rings. The molecule has 0 aliphatic rings. The number of rotatable bonds is 2. The highest BCUT2D eigenvalue weighted by Gasteiger charge is 2.11. The van der Waals surface area contributed by atoms with Crippen molar-refractivity contribution in [2.75, 3.05) is 11.1 Å². The van der Waals surface area contributed by atoms with Crippen molar-refractivity contribution in [1.29, 1.82) is 0 Å². The van der Waals surface area contributed by atoms with Gasteiger partial charge in [0.2, 0.25) is 0 Å². The van der Waals surface area contributed by atoms with Gasteiger partial charge in [-0.2, -0.15) is 0 Å². The number of nitrogens with two attached hydrogens (primary N) is 1. The number of halogens is 2. The Bertz CT molecular complexity index is 836. The van der Waals surface area contributed by atoms with Gasteiger partial charge < -0.3 is 15.5 Å². The van der Waals surface area contributed by atoms with E-state index in [2.05, 4.69) is 26.2 Å². The summed E-state index contributed by atoms with van der Waals surface area (Å²) in [5, 5.41) is 2.90. The minimum Gasteiger partial charge on any atom is -0.408 e. The van der Waals surface area contributed by atoms with E-state index < -0.39 is 11.6 Å². The molecule has 0 bridgehead atoms. The van der Waals surface area contributed by atoms with Crippen LogP contribution in [-0.4, -0.2) is 4.98 Å². The number of oxazole rings is 1. The Morgan fingerprint density at radius 1 is 1.35 bits per heavy atom. The molecular formula is C13H9BrFN3O2. The second kappa shape index (κ2) is 4.68. The predicted molar refractivity (Wildman–Crippen MR) is 78.6 cm³/mol. The van der Waals surface area contributed by atoms with E-state index in [0.717, 1.165) is 0 Å². The molecule has 20 heavy (non-hydrogen) atoms. The zero-order valence-electron chi connectivity index (χ0n) is 10.0. The number of hydrogen-bond acceptors (Lipinski definition) is 4. The van der Waals surface area contributed by atoms with Crippen LogP contribution >= 0.6 is 15.9 Å². The molecule has 102 valence electrons. The largest absolute Gasteiger partial charge is 0.417 e. The number of para-hydroxylation sites is 1. The number of nitrogens with one attached hydrogen (secondary N) is 2. The lowest BCUT2D eigenvalue weighted by Gasteiger charge is -2.11. The maximum absolute atomic E-state index is 13.8. The normalized spacial score (nSPS) is 10.9. The number of H-pyrrole nitrogens is 1. The fraction of sp³-hybridized carbons (Fsp3) is 0. The van der Waals surface area contributed by atoms with Crippen molar-refractivity contribution in [3.8, 4) is 0 Å². The molecule has 3 rings (SSSR count). The number of nitrogen functional groups attached to an aromatic ring is 1. The maximum atomic E-state index is 13.8. The van der Waals surface area contributed by atoms with Crippen molar-refractivity contribution in [3.63, 3.8) is 0 Å². The Morgan fingerprint density at radius 3 is 2.90 bits per heavy atom. The monoisotopic (exact) mass is 337 g/mol. The Balaban J connectivity index is 2.10. The molecule has 0 atom stereocenters. The van der Waals surface area contributed by atoms with Gasteiger partial charge in [-0.15, -0.1) is 0 Å². The third kappa shape index (κ3) is 2.16. The molecule has 0 aliphatic heterocycles. The molecule has 1 aromatic heterocycles. The molecule has 5 nitrogen and oxygen atoms in total. The van der Waals surface area contributed by atoms with Gasteiger partial charge >= 0.3 is 5.76 Å². The van der Waals surface area contributed by atoms with E-state index in [1.54, 1.807) is 18.2 Å². The second-order valence-corrected chi connectivity index (χ2v) is 5.03. The van der Waals surface area contributed by atoms with E-state index in [0.29, 0.717) is 26.9 Å². The summed E-state index contributed by atoms with van der Waals surface area (Å²) in [7, 11) is 0. The summed E-state index contributed by atoms with van der Waals surface area (Å²) in [6.07, 6.45) is 0. The van der Waals surface area contributed by atoms with E-state index in [9.17, 15) is 9.18 Å². The Kier molecular flexibility index (Phi) is 2.98. The van der Waals surface area contributed by atoms with Crippen LogP contribution in [0, 0.1) is 5.82 Å². The molecule has 0 saturated carbocycles. The van der Waals surface area contributed by atoms with Crippen molar-refractivity contribution < 1.29 is 8.81 Å². The smallest absolute Gasteiger partial charge is 0.408 e. The highest BCUT2D eigenvalue weighted by Crippen LogP contribution is 2.32. The van der Waals surface area contributed by atoms with Gasteiger partial charge in [-0.3, -0.25) is 4.98 Å². The Morgan fingerprint density at radius 2 is 2.15 bits per heavy atom. The first-order valence-corrected chi connectivity index (χ1v) is 6.47. The zero-order valence-corrected chi connectivity index (χ0v) is 11.6. The van der Waals surface area contributed by atoms with Crippen LogP contribution in [0.3, 0.4) is 0 Å². The van der Waals surface area contributed by atoms with Crippen molar-refractivity contribution in [2.24, 2.45) is 0 Å². The molecule has 0 spiro atoms. The van der Waals surface area contributed by atoms with Crippen molar-refractivity contribution >= 4 is 44.1 Å². The predicted octanol–water partition coefficient (Wildman–Crippen LogP) is 3.35. The molecule has 0 unspecified atom stereocenters. The summed E-state index contributed by atoms with van der Waals surface area (Å²) in [6.45, 7) is 0. The average Bonchev–Trinajstić information content (AvgIpc) is 2.73. The first-order chi connectivity index (χ1) is 9.54. The van der Waals surface area contributed by atoms with E-state index in [1.165, 1.54) is 12.1 Å². The second-order valence-electron chi connectivity index (χ2n) is 4.17. The lowest BCUT2D eigenvalue weighted by molar-refractivity contribution is 0.555. The number of anilines is 3. The number of aromatic nitrogens is 1. The quantitative estimate of drug-likeness (QED) is 0.626. The molecule has 0 aliphatic carbocycles. The molecule has 3 aromatic rings. The summed E-state index contributed by atoms with van der Waals surface area (Å²) < 4.78 is 19.2. The van der Waals surface area contributed by atoms with E-state index >= 15 is 0 Å². The van der Waals surface area contributed by atoms with Gasteiger partial charge in [0.25, 0.3) is 0 Å². The van der Waals surface area contributed by atoms with Crippen LogP contribution in [-0.2, 0) is 0 Å². The first kappa shape index (κ1) is 12.7. The summed E-state index contributed by atoms with van der Waals surface area (Å²) in [6, 6.07) is 7.73. The zero-order chi connectivity index (χ0) is 14.3. The fourth-order valence-corrected chi connectivity index (χ4v) is 2.31. The van der Waals surface area contributed by atoms with Crippen LogP contribution < -0.4 is 16.8 Å². The average molecular weight is 338 g/mol. The summed E-state index contributed by atoms with van der Waals surface area (Å²) in [5.41, 5.74) is 7.79. The number of aromatic amines is 1. The van der Waals surface area contributed by atoms with Crippen LogP contribution in [0.25, 0.3) is 11.1 Å². The minimum absolute atomic E-state index is 0.268. The molecule has 1 heterocycles. The SMILES string of the molecule is Nc1cc2oc(=O)[nH]c2cc1Nc1c(F)cccc1Br. The summed E-state index contributed by atoms with van der Waals surface area (Å²) >= 11 is 3.26. The number of fused-ring (bicyclic) bond motifs is 1. The minimum atomic E-state index is -0.566. The van der Waals surface area contributed by atoms with Crippen molar-refractivity contribution in [3.05, 3.63) is 51.2 Å².